The summed E-state index contributed by atoms with van der Waals surface area (Å²) < 4.78 is 37.1. The number of nitrogens with zero attached hydrogens (tertiary/aromatic N) is 2. The Balaban J connectivity index is 2.44. The van der Waals surface area contributed by atoms with Crippen LogP contribution in [0.15, 0.2) is 24.3 Å². The fourth-order valence-corrected chi connectivity index (χ4v) is 1.59. The van der Waals surface area contributed by atoms with Crippen molar-refractivity contribution in [1.29, 1.82) is 0 Å². The Morgan fingerprint density at radius 3 is 2.67 bits per heavy atom. The standard InChI is InChI=1S/C9H4F3N2S/c10-9(11,12)7-3-1-2-6(4-7)8-14-13-5-15-8/h1-4H. The van der Waals surface area contributed by atoms with E-state index in [1.165, 1.54) is 6.07 Å². The predicted octanol–water partition coefficient (Wildman–Crippen LogP) is 3.02. The summed E-state index contributed by atoms with van der Waals surface area (Å²) in [6.07, 6.45) is -4.33. The van der Waals surface area contributed by atoms with Crippen LogP contribution in [0.2, 0.25) is 0 Å². The lowest BCUT2D eigenvalue weighted by molar-refractivity contribution is -0.137. The third kappa shape index (κ3) is 2.15. The number of benzene rings is 1. The first kappa shape index (κ1) is 10.1. The molecule has 1 aromatic carbocycles. The van der Waals surface area contributed by atoms with Crippen LogP contribution in [0.4, 0.5) is 13.2 Å². The molecule has 0 aliphatic rings. The molecule has 2 aromatic rings. The van der Waals surface area contributed by atoms with Crippen molar-refractivity contribution < 1.29 is 13.2 Å². The Morgan fingerprint density at radius 2 is 2.07 bits per heavy atom. The minimum atomic E-state index is -4.33. The molecule has 6 heteroatoms. The van der Waals surface area contributed by atoms with Gasteiger partial charge in [0.05, 0.1) is 5.56 Å². The molecule has 0 unspecified atom stereocenters. The van der Waals surface area contributed by atoms with E-state index in [2.05, 4.69) is 15.7 Å². The molecule has 0 spiro atoms. The van der Waals surface area contributed by atoms with Crippen molar-refractivity contribution in [2.75, 3.05) is 0 Å². The number of hydrogen-bond donors (Lipinski definition) is 0. The minimum Gasteiger partial charge on any atom is -0.166 e. The molecule has 0 amide bonds. The summed E-state index contributed by atoms with van der Waals surface area (Å²) in [5.74, 6) is 0. The van der Waals surface area contributed by atoms with Crippen molar-refractivity contribution in [3.8, 4) is 10.6 Å². The Labute approximate surface area is 87.4 Å². The summed E-state index contributed by atoms with van der Waals surface area (Å²) >= 11 is 1.08. The number of halogens is 3. The summed E-state index contributed by atoms with van der Waals surface area (Å²) in [6.45, 7) is 0. The van der Waals surface area contributed by atoms with Gasteiger partial charge in [-0.25, -0.2) is 0 Å². The van der Waals surface area contributed by atoms with Crippen molar-refractivity contribution in [2.45, 2.75) is 6.18 Å². The molecule has 1 radical (unpaired) electrons. The van der Waals surface area contributed by atoms with Gasteiger partial charge in [-0.1, -0.05) is 23.5 Å². The monoisotopic (exact) mass is 229 g/mol. The van der Waals surface area contributed by atoms with Crippen LogP contribution < -0.4 is 0 Å². The molecule has 0 aliphatic carbocycles. The lowest BCUT2D eigenvalue weighted by atomic mass is 10.1. The second-order valence-corrected chi connectivity index (χ2v) is 3.55. The topological polar surface area (TPSA) is 25.8 Å². The number of alkyl halides is 3. The van der Waals surface area contributed by atoms with E-state index in [1.807, 2.05) is 0 Å². The summed E-state index contributed by atoms with van der Waals surface area (Å²) in [7, 11) is 0. The third-order valence-corrected chi connectivity index (χ3v) is 2.44. The molecule has 0 aliphatic heterocycles. The van der Waals surface area contributed by atoms with Crippen LogP contribution in [0.25, 0.3) is 10.6 Å². The first-order valence-corrected chi connectivity index (χ1v) is 4.76. The molecule has 1 aromatic heterocycles. The van der Waals surface area contributed by atoms with Gasteiger partial charge in [-0.3, -0.25) is 0 Å². The van der Waals surface area contributed by atoms with Crippen LogP contribution in [-0.2, 0) is 6.18 Å². The van der Waals surface area contributed by atoms with Crippen molar-refractivity contribution in [2.24, 2.45) is 0 Å². The van der Waals surface area contributed by atoms with Crippen molar-refractivity contribution >= 4 is 11.3 Å². The Morgan fingerprint density at radius 1 is 1.27 bits per heavy atom. The lowest BCUT2D eigenvalue weighted by Crippen LogP contribution is -2.04. The van der Waals surface area contributed by atoms with E-state index in [1.54, 1.807) is 6.07 Å². The molecular weight excluding hydrogens is 225 g/mol. The van der Waals surface area contributed by atoms with Crippen LogP contribution in [0.3, 0.4) is 0 Å². The molecule has 0 saturated heterocycles. The molecule has 0 atom stereocenters. The maximum Gasteiger partial charge on any atom is 0.416 e. The van der Waals surface area contributed by atoms with Gasteiger partial charge in [-0.15, -0.1) is 10.2 Å². The van der Waals surface area contributed by atoms with Gasteiger partial charge >= 0.3 is 6.18 Å². The van der Waals surface area contributed by atoms with Gasteiger partial charge in [0.2, 0.25) is 0 Å². The largest absolute Gasteiger partial charge is 0.416 e. The average molecular weight is 229 g/mol. The molecule has 15 heavy (non-hydrogen) atoms. The summed E-state index contributed by atoms with van der Waals surface area (Å²) in [6, 6.07) is 4.98. The van der Waals surface area contributed by atoms with Crippen LogP contribution >= 0.6 is 11.3 Å². The zero-order valence-corrected chi connectivity index (χ0v) is 8.06. The third-order valence-electron chi connectivity index (χ3n) is 1.76. The van der Waals surface area contributed by atoms with Gasteiger partial charge in [-0.05, 0) is 12.1 Å². The fourth-order valence-electron chi connectivity index (χ4n) is 1.10. The highest BCUT2D eigenvalue weighted by Gasteiger charge is 2.30. The van der Waals surface area contributed by atoms with Gasteiger partial charge in [0.1, 0.15) is 5.01 Å². The average Bonchev–Trinajstić information content (AvgIpc) is 2.69. The van der Waals surface area contributed by atoms with E-state index >= 15 is 0 Å². The molecule has 0 bridgehead atoms. The van der Waals surface area contributed by atoms with Crippen LogP contribution in [0, 0.1) is 5.51 Å². The maximum absolute atomic E-state index is 12.4. The molecule has 1 heterocycles. The van der Waals surface area contributed by atoms with Gasteiger partial charge in [0.15, 0.2) is 5.51 Å². The van der Waals surface area contributed by atoms with E-state index < -0.39 is 11.7 Å². The van der Waals surface area contributed by atoms with Crippen molar-refractivity contribution in [3.63, 3.8) is 0 Å². The smallest absolute Gasteiger partial charge is 0.166 e. The lowest BCUT2D eigenvalue weighted by Gasteiger charge is -2.06. The zero-order valence-electron chi connectivity index (χ0n) is 7.25. The number of aromatic nitrogens is 2. The predicted molar refractivity (Wildman–Crippen MR) is 49.2 cm³/mol. The molecular formula is C9H4F3N2S. The minimum absolute atomic E-state index is 0.406. The summed E-state index contributed by atoms with van der Waals surface area (Å²) in [5, 5.41) is 7.54. The Kier molecular flexibility index (Phi) is 2.44. The van der Waals surface area contributed by atoms with Crippen LogP contribution in [0.1, 0.15) is 5.56 Å². The van der Waals surface area contributed by atoms with E-state index in [0.717, 1.165) is 23.5 Å². The number of hydrogen-bond acceptors (Lipinski definition) is 3. The van der Waals surface area contributed by atoms with Gasteiger partial charge < -0.3 is 0 Å². The summed E-state index contributed by atoms with van der Waals surface area (Å²) in [4.78, 5) is 0. The zero-order chi connectivity index (χ0) is 10.9. The SMILES string of the molecule is FC(F)(F)c1cccc(-c2nn[c]s2)c1. The molecule has 0 fully saturated rings. The van der Waals surface area contributed by atoms with E-state index in [-0.39, 0.29) is 0 Å². The van der Waals surface area contributed by atoms with Crippen molar-refractivity contribution in [1.82, 2.24) is 10.2 Å². The second-order valence-electron chi connectivity index (χ2n) is 2.78. The highest BCUT2D eigenvalue weighted by Crippen LogP contribution is 2.32. The Hall–Kier alpha value is -1.43. The number of rotatable bonds is 1. The first-order chi connectivity index (χ1) is 7.07. The maximum atomic E-state index is 12.4. The molecule has 0 saturated carbocycles. The highest BCUT2D eigenvalue weighted by molar-refractivity contribution is 7.12. The normalized spacial score (nSPS) is 11.7. The molecule has 2 rings (SSSR count). The first-order valence-electron chi connectivity index (χ1n) is 3.94. The van der Waals surface area contributed by atoms with Crippen LogP contribution in [-0.4, -0.2) is 10.2 Å². The van der Waals surface area contributed by atoms with Gasteiger partial charge in [0, 0.05) is 5.56 Å². The molecule has 77 valence electrons. The summed E-state index contributed by atoms with van der Waals surface area (Å²) in [5.41, 5.74) is 2.21. The van der Waals surface area contributed by atoms with Crippen molar-refractivity contribution in [3.05, 3.63) is 35.3 Å². The highest BCUT2D eigenvalue weighted by atomic mass is 32.1. The van der Waals surface area contributed by atoms with Crippen LogP contribution in [0.5, 0.6) is 0 Å². The van der Waals surface area contributed by atoms with Gasteiger partial charge in [-0.2, -0.15) is 13.2 Å². The fraction of sp³-hybridized carbons (Fsp3) is 0.111. The van der Waals surface area contributed by atoms with E-state index in [0.29, 0.717) is 10.6 Å². The van der Waals surface area contributed by atoms with E-state index in [4.69, 9.17) is 0 Å². The molecule has 2 nitrogen and oxygen atoms in total. The van der Waals surface area contributed by atoms with E-state index in [9.17, 15) is 13.2 Å². The quantitative estimate of drug-likeness (QED) is 0.751. The second kappa shape index (κ2) is 3.62. The van der Waals surface area contributed by atoms with Gasteiger partial charge in [0.25, 0.3) is 0 Å². The Bertz CT molecular complexity index is 451. The molecule has 0 N–H and O–H groups in total.